The second-order valence-corrected chi connectivity index (χ2v) is 6.97. The second-order valence-electron chi connectivity index (χ2n) is 6.97. The third kappa shape index (κ3) is 3.48. The van der Waals surface area contributed by atoms with Crippen molar-refractivity contribution in [2.45, 2.75) is 26.3 Å². The fourth-order valence-electron chi connectivity index (χ4n) is 2.83. The van der Waals surface area contributed by atoms with Gasteiger partial charge >= 0.3 is 11.9 Å². The first-order valence-electron chi connectivity index (χ1n) is 8.17. The van der Waals surface area contributed by atoms with Crippen molar-refractivity contribution in [3.8, 4) is 0 Å². The van der Waals surface area contributed by atoms with Gasteiger partial charge in [0.2, 0.25) is 0 Å². The highest BCUT2D eigenvalue weighted by molar-refractivity contribution is 6.04. The minimum absolute atomic E-state index is 0.0657. The summed E-state index contributed by atoms with van der Waals surface area (Å²) in [5.41, 5.74) is -0.543. The van der Waals surface area contributed by atoms with E-state index in [4.69, 9.17) is 4.74 Å². The van der Waals surface area contributed by atoms with Gasteiger partial charge in [0, 0.05) is 44.0 Å². The molecule has 0 aliphatic carbocycles. The lowest BCUT2D eigenvalue weighted by Gasteiger charge is -2.36. The number of aromatic nitrogens is 1. The molecule has 0 aromatic carbocycles. The van der Waals surface area contributed by atoms with Gasteiger partial charge in [0.25, 0.3) is 0 Å². The number of rotatable bonds is 1. The average molecular weight is 348 g/mol. The zero-order valence-electron chi connectivity index (χ0n) is 14.5. The molecule has 1 saturated heterocycles. The molecule has 8 heteroatoms. The third-order valence-electron chi connectivity index (χ3n) is 4.08. The molecule has 25 heavy (non-hydrogen) atoms. The van der Waals surface area contributed by atoms with Crippen molar-refractivity contribution in [1.29, 1.82) is 0 Å². The number of anilines is 2. The lowest BCUT2D eigenvalue weighted by atomic mass is 10.0. The number of nitrogens with zero attached hydrogens (tertiary/aromatic N) is 3. The molecule has 3 heterocycles. The van der Waals surface area contributed by atoms with Crippen LogP contribution in [0.1, 0.15) is 31.1 Å². The highest BCUT2D eigenvalue weighted by Gasteiger charge is 2.32. The van der Waals surface area contributed by atoms with Crippen LogP contribution in [0.25, 0.3) is 0 Å². The van der Waals surface area contributed by atoms with E-state index in [-0.39, 0.29) is 17.2 Å². The van der Waals surface area contributed by atoms with Gasteiger partial charge in [-0.25, -0.2) is 19.0 Å². The van der Waals surface area contributed by atoms with Crippen LogP contribution in [0.15, 0.2) is 18.3 Å². The molecule has 0 bridgehead atoms. The SMILES string of the molecule is CC(C)(C)N1/C=C\C(=O)OC(=O)c2cc(F)c(N3CCNCC3)nc21. The molecule has 1 aromatic rings. The Morgan fingerprint density at radius 1 is 1.20 bits per heavy atom. The van der Waals surface area contributed by atoms with Crippen LogP contribution in [0.5, 0.6) is 0 Å². The summed E-state index contributed by atoms with van der Waals surface area (Å²) in [7, 11) is 0. The van der Waals surface area contributed by atoms with E-state index in [9.17, 15) is 14.0 Å². The van der Waals surface area contributed by atoms with Crippen molar-refractivity contribution >= 4 is 23.6 Å². The van der Waals surface area contributed by atoms with Crippen LogP contribution in [0.3, 0.4) is 0 Å². The number of ether oxygens (including phenoxy) is 1. The molecule has 2 aliphatic rings. The van der Waals surface area contributed by atoms with Crippen LogP contribution in [-0.4, -0.2) is 48.6 Å². The van der Waals surface area contributed by atoms with E-state index in [0.29, 0.717) is 13.1 Å². The van der Waals surface area contributed by atoms with Crippen LogP contribution >= 0.6 is 0 Å². The Balaban J connectivity index is 2.15. The van der Waals surface area contributed by atoms with Crippen LogP contribution in [-0.2, 0) is 9.53 Å². The van der Waals surface area contributed by atoms with Gasteiger partial charge in [-0.2, -0.15) is 0 Å². The Kier molecular flexibility index (Phi) is 4.47. The molecule has 7 nitrogen and oxygen atoms in total. The molecule has 0 atom stereocenters. The van der Waals surface area contributed by atoms with E-state index in [1.807, 2.05) is 25.7 Å². The van der Waals surface area contributed by atoms with Gasteiger partial charge in [-0.15, -0.1) is 0 Å². The summed E-state index contributed by atoms with van der Waals surface area (Å²) in [6.45, 7) is 8.44. The monoisotopic (exact) mass is 348 g/mol. The van der Waals surface area contributed by atoms with E-state index < -0.39 is 23.3 Å². The Hall–Kier alpha value is -2.48. The van der Waals surface area contributed by atoms with E-state index >= 15 is 0 Å². The largest absolute Gasteiger partial charge is 0.386 e. The highest BCUT2D eigenvalue weighted by Crippen LogP contribution is 2.32. The maximum atomic E-state index is 14.6. The van der Waals surface area contributed by atoms with E-state index in [0.717, 1.165) is 19.2 Å². The molecule has 0 radical (unpaired) electrons. The van der Waals surface area contributed by atoms with Gasteiger partial charge in [0.05, 0.1) is 0 Å². The molecule has 0 spiro atoms. The van der Waals surface area contributed by atoms with Crippen molar-refractivity contribution < 1.29 is 18.7 Å². The number of hydrogen-bond donors (Lipinski definition) is 1. The van der Waals surface area contributed by atoms with Crippen LogP contribution in [0.4, 0.5) is 16.0 Å². The topological polar surface area (TPSA) is 74.8 Å². The fourth-order valence-corrected chi connectivity index (χ4v) is 2.83. The molecule has 1 fully saturated rings. The first-order chi connectivity index (χ1) is 11.8. The summed E-state index contributed by atoms with van der Waals surface area (Å²) in [6, 6.07) is 1.10. The molecule has 1 N–H and O–H groups in total. The van der Waals surface area contributed by atoms with Gasteiger partial charge < -0.3 is 19.9 Å². The molecule has 0 unspecified atom stereocenters. The Labute approximate surface area is 145 Å². The number of piperazine rings is 1. The van der Waals surface area contributed by atoms with Crippen LogP contribution in [0, 0.1) is 5.82 Å². The van der Waals surface area contributed by atoms with Gasteiger partial charge in [-0.05, 0) is 26.8 Å². The molecular formula is C17H21FN4O3. The number of fused-ring (bicyclic) bond motifs is 1. The molecule has 1 aromatic heterocycles. The minimum Gasteiger partial charge on any atom is -0.386 e. The summed E-state index contributed by atoms with van der Waals surface area (Å²) in [5, 5.41) is 3.20. The summed E-state index contributed by atoms with van der Waals surface area (Å²) in [4.78, 5) is 31.9. The number of carbonyl (C=O) groups is 2. The molecule has 134 valence electrons. The van der Waals surface area contributed by atoms with E-state index in [1.54, 1.807) is 4.90 Å². The number of esters is 2. The Bertz CT molecular complexity index is 736. The fraction of sp³-hybridized carbons (Fsp3) is 0.471. The standard InChI is InChI=1S/C17H21FN4O3/c1-17(2,3)22-7-4-13(23)25-16(24)11-10-12(18)15(20-14(11)22)21-8-5-19-6-9-21/h4,7,10,19H,5-6,8-9H2,1-3H3/b7-4-. The van der Waals surface area contributed by atoms with Crippen LogP contribution in [0.2, 0.25) is 0 Å². The summed E-state index contributed by atoms with van der Waals surface area (Å²) >= 11 is 0. The molecule has 0 amide bonds. The first kappa shape index (κ1) is 17.3. The van der Waals surface area contributed by atoms with Gasteiger partial charge in [-0.3, -0.25) is 0 Å². The van der Waals surface area contributed by atoms with Crippen molar-refractivity contribution in [3.05, 3.63) is 29.7 Å². The number of nitrogens with one attached hydrogen (secondary N) is 1. The lowest BCUT2D eigenvalue weighted by Crippen LogP contribution is -2.45. The van der Waals surface area contributed by atoms with Gasteiger partial charge in [0.1, 0.15) is 11.4 Å². The van der Waals surface area contributed by atoms with Crippen molar-refractivity contribution in [2.75, 3.05) is 36.0 Å². The quantitative estimate of drug-likeness (QED) is 0.608. The number of cyclic esters (lactones) is 2. The summed E-state index contributed by atoms with van der Waals surface area (Å²) in [5.74, 6) is -1.84. The number of halogens is 1. The Morgan fingerprint density at radius 3 is 2.52 bits per heavy atom. The number of carbonyl (C=O) groups excluding carboxylic acids is 2. The smallest absolute Gasteiger partial charge is 0.349 e. The van der Waals surface area contributed by atoms with Gasteiger partial charge in [0.15, 0.2) is 11.6 Å². The molecular weight excluding hydrogens is 327 g/mol. The summed E-state index contributed by atoms with van der Waals surface area (Å²) < 4.78 is 19.3. The third-order valence-corrected chi connectivity index (χ3v) is 4.08. The van der Waals surface area contributed by atoms with Crippen molar-refractivity contribution in [3.63, 3.8) is 0 Å². The van der Waals surface area contributed by atoms with Crippen molar-refractivity contribution in [1.82, 2.24) is 10.3 Å². The number of hydrogen-bond acceptors (Lipinski definition) is 7. The molecule has 2 aliphatic heterocycles. The predicted octanol–water partition coefficient (Wildman–Crippen LogP) is 1.45. The highest BCUT2D eigenvalue weighted by atomic mass is 19.1. The predicted molar refractivity (Wildman–Crippen MR) is 91.1 cm³/mol. The van der Waals surface area contributed by atoms with E-state index in [1.165, 1.54) is 12.3 Å². The normalized spacial score (nSPS) is 19.8. The maximum Gasteiger partial charge on any atom is 0.349 e. The first-order valence-corrected chi connectivity index (χ1v) is 8.17. The summed E-state index contributed by atoms with van der Waals surface area (Å²) in [6.07, 6.45) is 2.68. The van der Waals surface area contributed by atoms with Gasteiger partial charge in [-0.1, -0.05) is 0 Å². The average Bonchev–Trinajstić information content (AvgIpc) is 2.54. The number of pyridine rings is 1. The zero-order valence-corrected chi connectivity index (χ0v) is 14.5. The molecule has 3 rings (SSSR count). The maximum absolute atomic E-state index is 14.6. The molecule has 0 saturated carbocycles. The van der Waals surface area contributed by atoms with Crippen molar-refractivity contribution in [2.24, 2.45) is 0 Å². The second kappa shape index (κ2) is 6.44. The van der Waals surface area contributed by atoms with E-state index in [2.05, 4.69) is 10.3 Å². The Morgan fingerprint density at radius 2 is 1.88 bits per heavy atom. The minimum atomic E-state index is -0.906. The lowest BCUT2D eigenvalue weighted by molar-refractivity contribution is -0.132. The van der Waals surface area contributed by atoms with Crippen LogP contribution < -0.4 is 15.1 Å². The zero-order chi connectivity index (χ0) is 18.2.